The Morgan fingerprint density at radius 3 is 2.64 bits per heavy atom. The van der Waals surface area contributed by atoms with Crippen LogP contribution < -0.4 is 10.4 Å². The highest BCUT2D eigenvalue weighted by Gasteiger charge is 2.29. The first kappa shape index (κ1) is 17.3. The second-order valence-electron chi connectivity index (χ2n) is 5.11. The molecule has 0 saturated heterocycles. The first-order valence-electron chi connectivity index (χ1n) is 7.16. The highest BCUT2D eigenvalue weighted by Crippen LogP contribution is 2.33. The molecule has 1 aliphatic rings. The molecule has 0 saturated carbocycles. The maximum absolute atomic E-state index is 13.0. The molecule has 1 aromatic carbocycles. The van der Waals surface area contributed by atoms with E-state index in [9.17, 15) is 9.50 Å². The number of nitrogens with zero attached hydrogens (tertiary/aromatic N) is 4. The molecule has 2 aromatic heterocycles. The van der Waals surface area contributed by atoms with E-state index in [0.717, 1.165) is 11.1 Å². The van der Waals surface area contributed by atoms with Gasteiger partial charge in [-0.25, -0.2) is 9.40 Å². The van der Waals surface area contributed by atoms with Crippen LogP contribution in [0.25, 0.3) is 16.1 Å². The van der Waals surface area contributed by atoms with Crippen LogP contribution in [0.4, 0.5) is 9.52 Å². The lowest BCUT2D eigenvalue weighted by atomic mass is 10.1. The Kier molecular flexibility index (Phi) is 4.93. The molecule has 0 radical (unpaired) electrons. The molecule has 0 aliphatic carbocycles. The van der Waals surface area contributed by atoms with Crippen molar-refractivity contribution in [2.75, 3.05) is 5.01 Å². The summed E-state index contributed by atoms with van der Waals surface area (Å²) in [5.41, 5.74) is 5.28. The molecule has 128 valence electrons. The molecular weight excluding hydrogens is 365 g/mol. The molecule has 0 fully saturated rings. The number of aliphatic hydroxyl groups is 1. The number of benzene rings is 1. The van der Waals surface area contributed by atoms with Gasteiger partial charge in [-0.15, -0.1) is 22.6 Å². The minimum Gasteiger partial charge on any atom is -0.368 e. The van der Waals surface area contributed by atoms with Crippen molar-refractivity contribution in [1.29, 1.82) is 0 Å². The summed E-state index contributed by atoms with van der Waals surface area (Å²) in [7, 11) is 0. The van der Waals surface area contributed by atoms with E-state index in [-0.39, 0.29) is 18.2 Å². The monoisotopic (exact) mass is 377 g/mol. The van der Waals surface area contributed by atoms with Crippen molar-refractivity contribution >= 4 is 34.4 Å². The van der Waals surface area contributed by atoms with Crippen LogP contribution in [0.3, 0.4) is 0 Å². The molecule has 1 unspecified atom stereocenters. The van der Waals surface area contributed by atoms with Crippen molar-refractivity contribution in [3.63, 3.8) is 0 Å². The first-order chi connectivity index (χ1) is 11.7. The van der Waals surface area contributed by atoms with Crippen molar-refractivity contribution in [2.24, 2.45) is 0 Å². The van der Waals surface area contributed by atoms with Crippen LogP contribution in [0.2, 0.25) is 0 Å². The van der Waals surface area contributed by atoms with Gasteiger partial charge in [-0.3, -0.25) is 4.98 Å². The molecule has 4 rings (SSSR count). The van der Waals surface area contributed by atoms with Gasteiger partial charge in [0.15, 0.2) is 6.23 Å². The van der Waals surface area contributed by atoms with Gasteiger partial charge >= 0.3 is 0 Å². The van der Waals surface area contributed by atoms with Gasteiger partial charge in [-0.05, 0) is 30.3 Å². The number of anilines is 1. The molecule has 25 heavy (non-hydrogen) atoms. The van der Waals surface area contributed by atoms with Crippen LogP contribution in [0.15, 0.2) is 55.0 Å². The average Bonchev–Trinajstić information content (AvgIpc) is 3.23. The zero-order chi connectivity index (χ0) is 16.5. The normalized spacial score (nSPS) is 16.2. The summed E-state index contributed by atoms with van der Waals surface area (Å²) < 4.78 is 13.0. The van der Waals surface area contributed by atoms with Crippen molar-refractivity contribution < 1.29 is 9.50 Å². The lowest BCUT2D eigenvalue weighted by Gasteiger charge is -2.20. The average molecular weight is 378 g/mol. The second kappa shape index (κ2) is 7.14. The minimum absolute atomic E-state index is 0. The van der Waals surface area contributed by atoms with Crippen molar-refractivity contribution in [3.8, 4) is 10.6 Å². The SMILES string of the molecule is Cl.OC1C(c2cccnc2)=CNN1c1nnc(-c2ccc(F)cc2)s1. The zero-order valence-corrected chi connectivity index (χ0v) is 14.3. The Labute approximate surface area is 153 Å². The number of hydrogen-bond donors (Lipinski definition) is 2. The second-order valence-corrected chi connectivity index (χ2v) is 6.07. The number of hydrazine groups is 1. The maximum Gasteiger partial charge on any atom is 0.229 e. The lowest BCUT2D eigenvalue weighted by Crippen LogP contribution is -2.38. The molecule has 2 N–H and O–H groups in total. The molecule has 0 spiro atoms. The van der Waals surface area contributed by atoms with Gasteiger partial charge in [0.25, 0.3) is 0 Å². The number of nitrogens with one attached hydrogen (secondary N) is 1. The van der Waals surface area contributed by atoms with E-state index >= 15 is 0 Å². The van der Waals surface area contributed by atoms with Gasteiger partial charge in [-0.1, -0.05) is 17.4 Å². The summed E-state index contributed by atoms with van der Waals surface area (Å²) in [6.07, 6.45) is 4.17. The summed E-state index contributed by atoms with van der Waals surface area (Å²) >= 11 is 1.30. The van der Waals surface area contributed by atoms with E-state index in [4.69, 9.17) is 0 Å². The van der Waals surface area contributed by atoms with Crippen LogP contribution in [-0.4, -0.2) is 26.5 Å². The van der Waals surface area contributed by atoms with Gasteiger partial charge in [0.1, 0.15) is 10.8 Å². The topological polar surface area (TPSA) is 74.2 Å². The number of aliphatic hydroxyl groups excluding tert-OH is 1. The van der Waals surface area contributed by atoms with E-state index in [0.29, 0.717) is 15.7 Å². The van der Waals surface area contributed by atoms with E-state index in [2.05, 4.69) is 20.6 Å². The highest BCUT2D eigenvalue weighted by molar-refractivity contribution is 7.18. The highest BCUT2D eigenvalue weighted by atomic mass is 35.5. The van der Waals surface area contributed by atoms with Gasteiger partial charge in [0.2, 0.25) is 5.13 Å². The largest absolute Gasteiger partial charge is 0.368 e. The van der Waals surface area contributed by atoms with E-state index in [1.807, 2.05) is 12.1 Å². The first-order valence-corrected chi connectivity index (χ1v) is 7.97. The summed E-state index contributed by atoms with van der Waals surface area (Å²) in [5.74, 6) is -0.301. The third-order valence-electron chi connectivity index (χ3n) is 3.59. The third kappa shape index (κ3) is 3.32. The molecule has 1 atom stereocenters. The summed E-state index contributed by atoms with van der Waals surface area (Å²) in [6, 6.07) is 9.73. The van der Waals surface area contributed by atoms with E-state index < -0.39 is 6.23 Å². The summed E-state index contributed by atoms with van der Waals surface area (Å²) in [4.78, 5) is 4.06. The number of hydrogen-bond acceptors (Lipinski definition) is 7. The molecule has 3 heterocycles. The quantitative estimate of drug-likeness (QED) is 0.731. The molecular formula is C16H13ClFN5OS. The number of pyridine rings is 1. The fourth-order valence-electron chi connectivity index (χ4n) is 2.37. The summed E-state index contributed by atoms with van der Waals surface area (Å²) in [5, 5.41) is 21.4. The van der Waals surface area contributed by atoms with Crippen molar-refractivity contribution in [2.45, 2.75) is 6.23 Å². The number of aromatic nitrogens is 3. The lowest BCUT2D eigenvalue weighted by molar-refractivity contribution is 0.226. The predicted molar refractivity (Wildman–Crippen MR) is 96.4 cm³/mol. The van der Waals surface area contributed by atoms with Crippen molar-refractivity contribution in [3.05, 3.63) is 66.4 Å². The molecule has 6 nitrogen and oxygen atoms in total. The molecule has 1 aliphatic heterocycles. The fourth-order valence-corrected chi connectivity index (χ4v) is 3.21. The Bertz CT molecular complexity index is 887. The van der Waals surface area contributed by atoms with E-state index in [1.54, 1.807) is 30.7 Å². The molecule has 3 aromatic rings. The maximum atomic E-state index is 13.0. The van der Waals surface area contributed by atoms with Crippen LogP contribution in [0.1, 0.15) is 5.56 Å². The summed E-state index contributed by atoms with van der Waals surface area (Å²) in [6.45, 7) is 0. The van der Waals surface area contributed by atoms with Gasteiger partial charge < -0.3 is 10.5 Å². The van der Waals surface area contributed by atoms with Crippen LogP contribution in [0.5, 0.6) is 0 Å². The number of rotatable bonds is 3. The Balaban J connectivity index is 0.00000182. The van der Waals surface area contributed by atoms with Gasteiger partial charge in [-0.2, -0.15) is 0 Å². The smallest absolute Gasteiger partial charge is 0.229 e. The predicted octanol–water partition coefficient (Wildman–Crippen LogP) is 2.85. The standard InChI is InChI=1S/C16H12FN5OS.ClH/c17-12-5-3-10(4-6-12)14-20-21-16(24-14)22-15(23)13(9-19-22)11-2-1-7-18-8-11;/h1-9,15,19,23H;1H. The minimum atomic E-state index is -0.900. The fraction of sp³-hybridized carbons (Fsp3) is 0.0625. The molecule has 0 amide bonds. The Morgan fingerprint density at radius 1 is 1.12 bits per heavy atom. The Hall–Kier alpha value is -2.55. The zero-order valence-electron chi connectivity index (χ0n) is 12.7. The Morgan fingerprint density at radius 2 is 1.92 bits per heavy atom. The van der Waals surface area contributed by atoms with Gasteiger partial charge in [0.05, 0.1) is 0 Å². The molecule has 0 bridgehead atoms. The van der Waals surface area contributed by atoms with Crippen LogP contribution in [-0.2, 0) is 0 Å². The van der Waals surface area contributed by atoms with Gasteiger partial charge in [0, 0.05) is 35.3 Å². The van der Waals surface area contributed by atoms with Crippen molar-refractivity contribution in [1.82, 2.24) is 20.6 Å². The van der Waals surface area contributed by atoms with Crippen LogP contribution in [0, 0.1) is 5.82 Å². The van der Waals surface area contributed by atoms with E-state index in [1.165, 1.54) is 28.5 Å². The number of halogens is 2. The molecule has 9 heteroatoms. The van der Waals surface area contributed by atoms with Crippen LogP contribution >= 0.6 is 23.7 Å². The third-order valence-corrected chi connectivity index (χ3v) is 4.56.